The van der Waals surface area contributed by atoms with Crippen molar-refractivity contribution < 1.29 is 4.79 Å². The maximum Gasteiger partial charge on any atom is 0.252 e. The maximum atomic E-state index is 11.8. The fourth-order valence-electron chi connectivity index (χ4n) is 1.50. The Balaban J connectivity index is 2.03. The standard InChI is InChI=1S/C13H13NOS/c1-10(11-5-3-2-4-6-11)14-13(15)12-7-8-16-9-12/h2-10H,1H3,(H,14,15)/t10-/m1/s1. The Morgan fingerprint density at radius 2 is 2.00 bits per heavy atom. The smallest absolute Gasteiger partial charge is 0.252 e. The molecule has 2 aromatic rings. The highest BCUT2D eigenvalue weighted by molar-refractivity contribution is 7.08. The number of carbonyl (C=O) groups excluding carboxylic acids is 1. The number of nitrogens with one attached hydrogen (secondary N) is 1. The van der Waals surface area contributed by atoms with Crippen molar-refractivity contribution in [1.29, 1.82) is 0 Å². The second kappa shape index (κ2) is 4.94. The summed E-state index contributed by atoms with van der Waals surface area (Å²) < 4.78 is 0. The molecule has 0 fully saturated rings. The molecule has 1 amide bonds. The Kier molecular flexibility index (Phi) is 3.37. The van der Waals surface area contributed by atoms with Gasteiger partial charge < -0.3 is 5.32 Å². The summed E-state index contributed by atoms with van der Waals surface area (Å²) in [6.07, 6.45) is 0. The van der Waals surface area contributed by atoms with Crippen LogP contribution in [0.5, 0.6) is 0 Å². The van der Waals surface area contributed by atoms with Gasteiger partial charge in [0.15, 0.2) is 0 Å². The van der Waals surface area contributed by atoms with Gasteiger partial charge in [0.05, 0.1) is 11.6 Å². The SMILES string of the molecule is C[C@@H](NC(=O)c1ccsc1)c1ccccc1. The Morgan fingerprint density at radius 3 is 2.62 bits per heavy atom. The summed E-state index contributed by atoms with van der Waals surface area (Å²) in [4.78, 5) is 11.8. The Hall–Kier alpha value is -1.61. The van der Waals surface area contributed by atoms with Crippen LogP contribution in [0.3, 0.4) is 0 Å². The summed E-state index contributed by atoms with van der Waals surface area (Å²) in [5.41, 5.74) is 1.85. The molecule has 1 atom stereocenters. The summed E-state index contributed by atoms with van der Waals surface area (Å²) in [7, 11) is 0. The molecule has 2 rings (SSSR count). The van der Waals surface area contributed by atoms with Gasteiger partial charge in [0, 0.05) is 5.38 Å². The third kappa shape index (κ3) is 2.49. The molecule has 1 aromatic heterocycles. The molecule has 16 heavy (non-hydrogen) atoms. The zero-order valence-electron chi connectivity index (χ0n) is 9.01. The molecule has 1 aromatic carbocycles. The normalized spacial score (nSPS) is 12.1. The monoisotopic (exact) mass is 231 g/mol. The van der Waals surface area contributed by atoms with Crippen molar-refractivity contribution in [2.75, 3.05) is 0 Å². The van der Waals surface area contributed by atoms with E-state index in [9.17, 15) is 4.79 Å². The fourth-order valence-corrected chi connectivity index (χ4v) is 2.13. The minimum absolute atomic E-state index is 0.0161. The van der Waals surface area contributed by atoms with E-state index in [4.69, 9.17) is 0 Å². The molecule has 82 valence electrons. The van der Waals surface area contributed by atoms with Crippen molar-refractivity contribution in [3.05, 3.63) is 58.3 Å². The zero-order valence-corrected chi connectivity index (χ0v) is 9.83. The highest BCUT2D eigenvalue weighted by atomic mass is 32.1. The fraction of sp³-hybridized carbons (Fsp3) is 0.154. The van der Waals surface area contributed by atoms with Gasteiger partial charge in [0.25, 0.3) is 5.91 Å². The number of hydrogen-bond donors (Lipinski definition) is 1. The third-order valence-electron chi connectivity index (χ3n) is 2.43. The van der Waals surface area contributed by atoms with Gasteiger partial charge in [0.2, 0.25) is 0 Å². The molecule has 0 aliphatic heterocycles. The van der Waals surface area contributed by atoms with Crippen LogP contribution in [-0.2, 0) is 0 Å². The summed E-state index contributed by atoms with van der Waals surface area (Å²) in [5.74, 6) is -0.0161. The van der Waals surface area contributed by atoms with Crippen LogP contribution >= 0.6 is 11.3 Å². The molecule has 3 heteroatoms. The third-order valence-corrected chi connectivity index (χ3v) is 3.11. The van der Waals surface area contributed by atoms with Gasteiger partial charge in [0.1, 0.15) is 0 Å². The predicted octanol–water partition coefficient (Wildman–Crippen LogP) is 3.24. The minimum Gasteiger partial charge on any atom is -0.345 e. The molecule has 0 aliphatic carbocycles. The van der Waals surface area contributed by atoms with Crippen LogP contribution < -0.4 is 5.32 Å². The lowest BCUT2D eigenvalue weighted by Gasteiger charge is -2.13. The highest BCUT2D eigenvalue weighted by Gasteiger charge is 2.10. The lowest BCUT2D eigenvalue weighted by Crippen LogP contribution is -2.26. The number of rotatable bonds is 3. The number of amides is 1. The molecule has 0 bridgehead atoms. The van der Waals surface area contributed by atoms with Crippen molar-refractivity contribution in [2.45, 2.75) is 13.0 Å². The summed E-state index contributed by atoms with van der Waals surface area (Å²) >= 11 is 1.53. The zero-order chi connectivity index (χ0) is 11.4. The predicted molar refractivity (Wildman–Crippen MR) is 66.6 cm³/mol. The van der Waals surface area contributed by atoms with E-state index in [0.29, 0.717) is 0 Å². The minimum atomic E-state index is -0.0161. The molecule has 0 saturated heterocycles. The molecule has 0 unspecified atom stereocenters. The maximum absolute atomic E-state index is 11.8. The van der Waals surface area contributed by atoms with Gasteiger partial charge >= 0.3 is 0 Å². The van der Waals surface area contributed by atoms with E-state index >= 15 is 0 Å². The summed E-state index contributed by atoms with van der Waals surface area (Å²) in [6, 6.07) is 11.8. The van der Waals surface area contributed by atoms with Crippen molar-refractivity contribution in [3.8, 4) is 0 Å². The van der Waals surface area contributed by atoms with Gasteiger partial charge in [-0.2, -0.15) is 11.3 Å². The van der Waals surface area contributed by atoms with Crippen molar-refractivity contribution in [3.63, 3.8) is 0 Å². The van der Waals surface area contributed by atoms with Gasteiger partial charge in [-0.1, -0.05) is 30.3 Å². The Morgan fingerprint density at radius 1 is 1.25 bits per heavy atom. The van der Waals surface area contributed by atoms with E-state index in [1.54, 1.807) is 0 Å². The van der Waals surface area contributed by atoms with E-state index in [0.717, 1.165) is 11.1 Å². The topological polar surface area (TPSA) is 29.1 Å². The molecule has 0 aliphatic rings. The Bertz CT molecular complexity index is 450. The highest BCUT2D eigenvalue weighted by Crippen LogP contribution is 2.13. The van der Waals surface area contributed by atoms with Crippen LogP contribution in [0.25, 0.3) is 0 Å². The second-order valence-electron chi connectivity index (χ2n) is 3.62. The average Bonchev–Trinajstić information content (AvgIpc) is 2.83. The molecule has 0 radical (unpaired) electrons. The number of hydrogen-bond acceptors (Lipinski definition) is 2. The first kappa shape index (κ1) is 10.9. The molecular weight excluding hydrogens is 218 g/mol. The Labute approximate surface area is 98.9 Å². The van der Waals surface area contributed by atoms with Crippen LogP contribution in [0, 0.1) is 0 Å². The van der Waals surface area contributed by atoms with Crippen LogP contribution in [-0.4, -0.2) is 5.91 Å². The van der Waals surface area contributed by atoms with Crippen LogP contribution in [0.1, 0.15) is 28.9 Å². The van der Waals surface area contributed by atoms with Crippen LogP contribution in [0.2, 0.25) is 0 Å². The van der Waals surface area contributed by atoms with Gasteiger partial charge in [-0.3, -0.25) is 4.79 Å². The van der Waals surface area contributed by atoms with Crippen LogP contribution in [0.15, 0.2) is 47.2 Å². The first-order valence-electron chi connectivity index (χ1n) is 5.15. The van der Waals surface area contributed by atoms with Crippen molar-refractivity contribution >= 4 is 17.2 Å². The van der Waals surface area contributed by atoms with Gasteiger partial charge in [-0.25, -0.2) is 0 Å². The van der Waals surface area contributed by atoms with Crippen molar-refractivity contribution in [1.82, 2.24) is 5.32 Å². The number of benzene rings is 1. The molecule has 0 saturated carbocycles. The van der Waals surface area contributed by atoms with E-state index in [1.165, 1.54) is 11.3 Å². The van der Waals surface area contributed by atoms with E-state index in [2.05, 4.69) is 5.32 Å². The number of thiophene rings is 1. The molecule has 2 nitrogen and oxygen atoms in total. The summed E-state index contributed by atoms with van der Waals surface area (Å²) in [5, 5.41) is 6.73. The molecular formula is C13H13NOS. The van der Waals surface area contributed by atoms with Gasteiger partial charge in [-0.05, 0) is 23.9 Å². The van der Waals surface area contributed by atoms with E-state index in [-0.39, 0.29) is 11.9 Å². The molecule has 1 N–H and O–H groups in total. The second-order valence-corrected chi connectivity index (χ2v) is 4.40. The lowest BCUT2D eigenvalue weighted by molar-refractivity contribution is 0.0940. The largest absolute Gasteiger partial charge is 0.345 e. The first-order valence-corrected chi connectivity index (χ1v) is 6.09. The molecule has 1 heterocycles. The molecule has 0 spiro atoms. The average molecular weight is 231 g/mol. The number of carbonyl (C=O) groups is 1. The van der Waals surface area contributed by atoms with E-state index < -0.39 is 0 Å². The summed E-state index contributed by atoms with van der Waals surface area (Å²) in [6.45, 7) is 1.99. The van der Waals surface area contributed by atoms with Crippen molar-refractivity contribution in [2.24, 2.45) is 0 Å². The van der Waals surface area contributed by atoms with Gasteiger partial charge in [-0.15, -0.1) is 0 Å². The lowest BCUT2D eigenvalue weighted by atomic mass is 10.1. The van der Waals surface area contributed by atoms with Crippen LogP contribution in [0.4, 0.5) is 0 Å². The van der Waals surface area contributed by atoms with E-state index in [1.807, 2.05) is 54.1 Å². The first-order chi connectivity index (χ1) is 7.77. The quantitative estimate of drug-likeness (QED) is 0.863.